The number of halogens is 4. The molecule has 1 aliphatic heterocycles. The van der Waals surface area contributed by atoms with Crippen molar-refractivity contribution in [2.45, 2.75) is 6.36 Å². The quantitative estimate of drug-likeness (QED) is 0.500. The van der Waals surface area contributed by atoms with Crippen molar-refractivity contribution >= 4 is 28.4 Å². The number of hydrogen-bond donors (Lipinski definition) is 0. The predicted molar refractivity (Wildman–Crippen MR) is 86.0 cm³/mol. The van der Waals surface area contributed by atoms with Crippen molar-refractivity contribution in [1.29, 1.82) is 0 Å². The summed E-state index contributed by atoms with van der Waals surface area (Å²) in [5.41, 5.74) is 0.0367. The summed E-state index contributed by atoms with van der Waals surface area (Å²) in [4.78, 5) is 30.0. The number of nitrogens with zero attached hydrogens (tertiary/aromatic N) is 2. The summed E-state index contributed by atoms with van der Waals surface area (Å²) < 4.78 is 54.4. The molecule has 0 aliphatic carbocycles. The van der Waals surface area contributed by atoms with E-state index in [0.717, 1.165) is 29.2 Å². The van der Waals surface area contributed by atoms with Crippen LogP contribution in [0.3, 0.4) is 0 Å². The SMILES string of the molecule is O=C1c2cc3c(F)cccc3nc2C(=O)N1c1ccc(OC(F)(F)F)cc1. The van der Waals surface area contributed by atoms with Crippen LogP contribution in [0.5, 0.6) is 5.75 Å². The highest BCUT2D eigenvalue weighted by molar-refractivity contribution is 6.34. The van der Waals surface area contributed by atoms with Gasteiger partial charge in [0.2, 0.25) is 0 Å². The number of ether oxygens (including phenoxy) is 1. The van der Waals surface area contributed by atoms with Crippen LogP contribution in [0.4, 0.5) is 23.2 Å². The third kappa shape index (κ3) is 2.86. The Morgan fingerprint density at radius 1 is 0.963 bits per heavy atom. The Labute approximate surface area is 148 Å². The van der Waals surface area contributed by atoms with Crippen LogP contribution in [0.15, 0.2) is 48.5 Å². The average Bonchev–Trinajstić information content (AvgIpc) is 2.84. The third-order valence-electron chi connectivity index (χ3n) is 3.97. The van der Waals surface area contributed by atoms with Gasteiger partial charge in [-0.2, -0.15) is 0 Å². The van der Waals surface area contributed by atoms with E-state index in [4.69, 9.17) is 0 Å². The van der Waals surface area contributed by atoms with E-state index >= 15 is 0 Å². The molecule has 0 saturated carbocycles. The molecule has 2 amide bonds. The standard InChI is InChI=1S/C18H8F4N2O3/c19-13-2-1-3-14-11(13)8-12-15(23-14)17(26)24(16(12)25)9-4-6-10(7-5-9)27-18(20,21)22/h1-8H. The number of alkyl halides is 3. The molecule has 4 rings (SSSR count). The van der Waals surface area contributed by atoms with Gasteiger partial charge in [0, 0.05) is 5.39 Å². The monoisotopic (exact) mass is 376 g/mol. The fraction of sp³-hybridized carbons (Fsp3) is 0.0556. The molecular weight excluding hydrogens is 368 g/mol. The molecule has 0 radical (unpaired) electrons. The molecule has 0 spiro atoms. The first-order valence-electron chi connectivity index (χ1n) is 7.58. The smallest absolute Gasteiger partial charge is 0.406 e. The topological polar surface area (TPSA) is 59.5 Å². The number of rotatable bonds is 2. The number of aromatic nitrogens is 1. The van der Waals surface area contributed by atoms with Crippen LogP contribution in [-0.2, 0) is 0 Å². The van der Waals surface area contributed by atoms with E-state index in [1.807, 2.05) is 0 Å². The molecule has 9 heteroatoms. The summed E-state index contributed by atoms with van der Waals surface area (Å²) >= 11 is 0. The van der Waals surface area contributed by atoms with Gasteiger partial charge in [0.25, 0.3) is 11.8 Å². The van der Waals surface area contributed by atoms with Gasteiger partial charge in [-0.3, -0.25) is 9.59 Å². The molecule has 0 atom stereocenters. The number of hydrogen-bond acceptors (Lipinski definition) is 4. The number of imide groups is 1. The van der Waals surface area contributed by atoms with Gasteiger partial charge in [-0.1, -0.05) is 6.07 Å². The molecule has 0 N–H and O–H groups in total. The fourth-order valence-corrected chi connectivity index (χ4v) is 2.84. The molecular formula is C18H8F4N2O3. The van der Waals surface area contributed by atoms with Crippen LogP contribution in [0.25, 0.3) is 10.9 Å². The summed E-state index contributed by atoms with van der Waals surface area (Å²) in [6, 6.07) is 9.62. The highest BCUT2D eigenvalue weighted by Gasteiger charge is 2.39. The summed E-state index contributed by atoms with van der Waals surface area (Å²) in [5.74, 6) is -2.56. The van der Waals surface area contributed by atoms with Gasteiger partial charge in [-0.15, -0.1) is 13.2 Å². The first kappa shape index (κ1) is 17.0. The van der Waals surface area contributed by atoms with Crippen LogP contribution < -0.4 is 9.64 Å². The maximum absolute atomic E-state index is 13.9. The largest absolute Gasteiger partial charge is 0.573 e. The van der Waals surface area contributed by atoms with Crippen LogP contribution in [0, 0.1) is 5.82 Å². The average molecular weight is 376 g/mol. The first-order valence-corrected chi connectivity index (χ1v) is 7.58. The number of fused-ring (bicyclic) bond motifs is 2. The summed E-state index contributed by atoms with van der Waals surface area (Å²) in [7, 11) is 0. The molecule has 2 heterocycles. The molecule has 3 aromatic rings. The Morgan fingerprint density at radius 2 is 1.67 bits per heavy atom. The van der Waals surface area contributed by atoms with Crippen LogP contribution in [-0.4, -0.2) is 23.2 Å². The minimum absolute atomic E-state index is 0.0436. The van der Waals surface area contributed by atoms with Crippen molar-refractivity contribution in [3.05, 3.63) is 65.6 Å². The van der Waals surface area contributed by atoms with E-state index in [1.54, 1.807) is 0 Å². The van der Waals surface area contributed by atoms with Crippen molar-refractivity contribution in [2.24, 2.45) is 0 Å². The molecule has 0 bridgehead atoms. The highest BCUT2D eigenvalue weighted by Crippen LogP contribution is 2.32. The van der Waals surface area contributed by atoms with Crippen molar-refractivity contribution in [1.82, 2.24) is 4.98 Å². The van der Waals surface area contributed by atoms with Crippen molar-refractivity contribution in [2.75, 3.05) is 4.90 Å². The lowest BCUT2D eigenvalue weighted by atomic mass is 10.1. The normalized spacial score (nSPS) is 14.0. The number of pyridine rings is 1. The second-order valence-corrected chi connectivity index (χ2v) is 5.68. The third-order valence-corrected chi connectivity index (χ3v) is 3.97. The number of anilines is 1. The summed E-state index contributed by atoms with van der Waals surface area (Å²) in [5, 5.41) is 0.0909. The van der Waals surface area contributed by atoms with Crippen molar-refractivity contribution in [3.8, 4) is 5.75 Å². The minimum Gasteiger partial charge on any atom is -0.406 e. The van der Waals surface area contributed by atoms with Gasteiger partial charge in [-0.05, 0) is 42.5 Å². The van der Waals surface area contributed by atoms with Crippen LogP contribution >= 0.6 is 0 Å². The summed E-state index contributed by atoms with van der Waals surface area (Å²) in [6.07, 6.45) is -4.86. The Kier molecular flexibility index (Phi) is 3.62. The molecule has 0 saturated heterocycles. The number of carbonyl (C=O) groups excluding carboxylic acids is 2. The molecule has 0 unspecified atom stereocenters. The second-order valence-electron chi connectivity index (χ2n) is 5.68. The second kappa shape index (κ2) is 5.76. The van der Waals surface area contributed by atoms with E-state index in [1.165, 1.54) is 24.3 Å². The molecule has 1 aliphatic rings. The zero-order chi connectivity index (χ0) is 19.3. The zero-order valence-electron chi connectivity index (χ0n) is 13.2. The predicted octanol–water partition coefficient (Wildman–Crippen LogP) is 4.07. The van der Waals surface area contributed by atoms with E-state index in [0.29, 0.717) is 0 Å². The fourth-order valence-electron chi connectivity index (χ4n) is 2.84. The Morgan fingerprint density at radius 3 is 2.33 bits per heavy atom. The number of carbonyl (C=O) groups is 2. The molecule has 136 valence electrons. The van der Waals surface area contributed by atoms with E-state index in [9.17, 15) is 27.2 Å². The van der Waals surface area contributed by atoms with Gasteiger partial charge in [0.15, 0.2) is 0 Å². The zero-order valence-corrected chi connectivity index (χ0v) is 13.2. The molecule has 1 aromatic heterocycles. The molecule has 2 aromatic carbocycles. The van der Waals surface area contributed by atoms with Crippen molar-refractivity contribution in [3.63, 3.8) is 0 Å². The lowest BCUT2D eigenvalue weighted by Gasteiger charge is -2.14. The first-order chi connectivity index (χ1) is 12.7. The lowest BCUT2D eigenvalue weighted by molar-refractivity contribution is -0.274. The van der Waals surface area contributed by atoms with Crippen LogP contribution in [0.2, 0.25) is 0 Å². The van der Waals surface area contributed by atoms with Crippen LogP contribution in [0.1, 0.15) is 20.8 Å². The summed E-state index contributed by atoms with van der Waals surface area (Å²) in [6.45, 7) is 0. The molecule has 5 nitrogen and oxygen atoms in total. The Bertz CT molecular complexity index is 1090. The molecule has 0 fully saturated rings. The maximum atomic E-state index is 13.9. The lowest BCUT2D eigenvalue weighted by Crippen LogP contribution is -2.29. The van der Waals surface area contributed by atoms with E-state index in [-0.39, 0.29) is 27.8 Å². The maximum Gasteiger partial charge on any atom is 0.573 e. The highest BCUT2D eigenvalue weighted by atomic mass is 19.4. The van der Waals surface area contributed by atoms with E-state index in [2.05, 4.69) is 9.72 Å². The van der Waals surface area contributed by atoms with E-state index < -0.39 is 29.7 Å². The van der Waals surface area contributed by atoms with Crippen molar-refractivity contribution < 1.29 is 31.9 Å². The van der Waals surface area contributed by atoms with Gasteiger partial charge in [0.05, 0.1) is 16.8 Å². The number of amides is 2. The van der Waals surface area contributed by atoms with Gasteiger partial charge < -0.3 is 4.74 Å². The Hall–Kier alpha value is -3.49. The van der Waals surface area contributed by atoms with Gasteiger partial charge in [0.1, 0.15) is 17.3 Å². The Balaban J connectivity index is 1.73. The number of benzene rings is 2. The van der Waals surface area contributed by atoms with Gasteiger partial charge >= 0.3 is 6.36 Å². The molecule has 27 heavy (non-hydrogen) atoms. The minimum atomic E-state index is -4.86. The van der Waals surface area contributed by atoms with Gasteiger partial charge in [-0.25, -0.2) is 14.3 Å².